The molecule has 4 heteroatoms. The number of rotatable bonds is 4. The molecule has 0 saturated heterocycles. The summed E-state index contributed by atoms with van der Waals surface area (Å²) in [6.45, 7) is 0. The zero-order chi connectivity index (χ0) is 15.2. The number of esters is 1. The average molecular weight is 290 g/mol. The zero-order valence-electron chi connectivity index (χ0n) is 12.8. The maximum absolute atomic E-state index is 11.6. The van der Waals surface area contributed by atoms with Crippen LogP contribution in [0.3, 0.4) is 0 Å². The standard InChI is InChI=1S/C17H22O4/c1-19-14-8-13(9-15(11-14)20-2)16-7-5-4-6-12(16)10-17(18)21-3/h8-11,16H,4-7H2,1-3H3/b12-10+. The van der Waals surface area contributed by atoms with Gasteiger partial charge < -0.3 is 14.2 Å². The lowest BCUT2D eigenvalue weighted by Crippen LogP contribution is -2.11. The fourth-order valence-electron chi connectivity index (χ4n) is 2.83. The molecular weight excluding hydrogens is 268 g/mol. The van der Waals surface area contributed by atoms with Crippen LogP contribution in [-0.2, 0) is 9.53 Å². The normalized spacial score (nSPS) is 20.1. The largest absolute Gasteiger partial charge is 0.497 e. The van der Waals surface area contributed by atoms with E-state index in [1.807, 2.05) is 18.2 Å². The summed E-state index contributed by atoms with van der Waals surface area (Å²) in [5.41, 5.74) is 2.25. The Morgan fingerprint density at radius 1 is 1.10 bits per heavy atom. The third kappa shape index (κ3) is 3.78. The Balaban J connectivity index is 2.37. The van der Waals surface area contributed by atoms with Crippen LogP contribution in [0.15, 0.2) is 29.8 Å². The molecule has 0 aromatic heterocycles. The lowest BCUT2D eigenvalue weighted by molar-refractivity contribution is -0.134. The van der Waals surface area contributed by atoms with Crippen LogP contribution in [0.2, 0.25) is 0 Å². The van der Waals surface area contributed by atoms with E-state index in [9.17, 15) is 4.79 Å². The number of allylic oxidation sites excluding steroid dienone is 1. The van der Waals surface area contributed by atoms with Crippen LogP contribution in [-0.4, -0.2) is 27.3 Å². The first-order valence-corrected chi connectivity index (χ1v) is 7.19. The van der Waals surface area contributed by atoms with Crippen molar-refractivity contribution < 1.29 is 19.0 Å². The first-order chi connectivity index (χ1) is 10.2. The van der Waals surface area contributed by atoms with Gasteiger partial charge in [-0.3, -0.25) is 0 Å². The number of hydrogen-bond acceptors (Lipinski definition) is 4. The number of ether oxygens (including phenoxy) is 3. The van der Waals surface area contributed by atoms with E-state index in [1.54, 1.807) is 20.3 Å². The Bertz CT molecular complexity index is 511. The van der Waals surface area contributed by atoms with Gasteiger partial charge in [-0.2, -0.15) is 0 Å². The van der Waals surface area contributed by atoms with Crippen molar-refractivity contribution in [2.24, 2.45) is 0 Å². The highest BCUT2D eigenvalue weighted by Crippen LogP contribution is 2.39. The number of benzene rings is 1. The summed E-state index contributed by atoms with van der Waals surface area (Å²) in [5.74, 6) is 1.48. The smallest absolute Gasteiger partial charge is 0.330 e. The third-order valence-electron chi connectivity index (χ3n) is 3.94. The minimum Gasteiger partial charge on any atom is -0.497 e. The average Bonchev–Trinajstić information content (AvgIpc) is 2.54. The molecule has 2 rings (SSSR count). The van der Waals surface area contributed by atoms with E-state index in [0.29, 0.717) is 0 Å². The van der Waals surface area contributed by atoms with E-state index in [-0.39, 0.29) is 11.9 Å². The van der Waals surface area contributed by atoms with Gasteiger partial charge in [0, 0.05) is 18.1 Å². The van der Waals surface area contributed by atoms with Gasteiger partial charge in [-0.05, 0) is 37.0 Å². The van der Waals surface area contributed by atoms with E-state index in [4.69, 9.17) is 14.2 Å². The van der Waals surface area contributed by atoms with Crippen LogP contribution < -0.4 is 9.47 Å². The molecule has 0 heterocycles. The third-order valence-corrected chi connectivity index (χ3v) is 3.94. The topological polar surface area (TPSA) is 44.8 Å². The Morgan fingerprint density at radius 3 is 2.33 bits per heavy atom. The summed E-state index contributed by atoms with van der Waals surface area (Å²) in [4.78, 5) is 11.6. The highest BCUT2D eigenvalue weighted by atomic mass is 16.5. The molecule has 1 unspecified atom stereocenters. The molecular formula is C17H22O4. The van der Waals surface area contributed by atoms with Gasteiger partial charge in [0.2, 0.25) is 0 Å². The van der Waals surface area contributed by atoms with Crippen LogP contribution in [0.1, 0.15) is 37.2 Å². The SMILES string of the molecule is COC(=O)/C=C1\CCCCC1c1cc(OC)cc(OC)c1. The molecule has 114 valence electrons. The molecule has 0 spiro atoms. The Morgan fingerprint density at radius 2 is 1.76 bits per heavy atom. The van der Waals surface area contributed by atoms with E-state index in [0.717, 1.165) is 48.3 Å². The summed E-state index contributed by atoms with van der Waals surface area (Å²) in [6, 6.07) is 5.89. The second kappa shape index (κ2) is 7.16. The van der Waals surface area contributed by atoms with Crippen molar-refractivity contribution in [1.29, 1.82) is 0 Å². The van der Waals surface area contributed by atoms with Gasteiger partial charge in [0.05, 0.1) is 21.3 Å². The Hall–Kier alpha value is -1.97. The number of carbonyl (C=O) groups excluding carboxylic acids is 1. The van der Waals surface area contributed by atoms with E-state index >= 15 is 0 Å². The summed E-state index contributed by atoms with van der Waals surface area (Å²) in [5, 5.41) is 0. The molecule has 4 nitrogen and oxygen atoms in total. The van der Waals surface area contributed by atoms with Crippen molar-refractivity contribution in [2.45, 2.75) is 31.6 Å². The molecule has 0 bridgehead atoms. The van der Waals surface area contributed by atoms with Crippen LogP contribution in [0, 0.1) is 0 Å². The van der Waals surface area contributed by atoms with Crippen molar-refractivity contribution in [3.8, 4) is 11.5 Å². The van der Waals surface area contributed by atoms with Crippen molar-refractivity contribution in [2.75, 3.05) is 21.3 Å². The summed E-state index contributed by atoms with van der Waals surface area (Å²) < 4.78 is 15.4. The lowest BCUT2D eigenvalue weighted by atomic mass is 9.79. The molecule has 1 aliphatic rings. The van der Waals surface area contributed by atoms with Gasteiger partial charge in [-0.1, -0.05) is 12.0 Å². The summed E-state index contributed by atoms with van der Waals surface area (Å²) >= 11 is 0. The summed E-state index contributed by atoms with van der Waals surface area (Å²) in [7, 11) is 4.70. The van der Waals surface area contributed by atoms with Gasteiger partial charge in [-0.25, -0.2) is 4.79 Å². The van der Waals surface area contributed by atoms with Crippen LogP contribution in [0.4, 0.5) is 0 Å². The van der Waals surface area contributed by atoms with Crippen LogP contribution in [0.5, 0.6) is 11.5 Å². The van der Waals surface area contributed by atoms with E-state index in [1.165, 1.54) is 7.11 Å². The quantitative estimate of drug-likeness (QED) is 0.629. The minimum atomic E-state index is -0.285. The number of methoxy groups -OCH3 is 3. The van der Waals surface area contributed by atoms with E-state index < -0.39 is 0 Å². The predicted octanol–water partition coefficient (Wildman–Crippen LogP) is 3.46. The molecule has 0 N–H and O–H groups in total. The molecule has 1 saturated carbocycles. The van der Waals surface area contributed by atoms with Crippen LogP contribution in [0.25, 0.3) is 0 Å². The van der Waals surface area contributed by atoms with Crippen molar-refractivity contribution >= 4 is 5.97 Å². The maximum Gasteiger partial charge on any atom is 0.330 e. The molecule has 0 amide bonds. The van der Waals surface area contributed by atoms with Crippen molar-refractivity contribution in [3.63, 3.8) is 0 Å². The lowest BCUT2D eigenvalue weighted by Gasteiger charge is -2.26. The first kappa shape index (κ1) is 15.4. The van der Waals surface area contributed by atoms with Crippen molar-refractivity contribution in [1.82, 2.24) is 0 Å². The van der Waals surface area contributed by atoms with E-state index in [2.05, 4.69) is 0 Å². The molecule has 1 fully saturated rings. The highest BCUT2D eigenvalue weighted by molar-refractivity contribution is 5.83. The van der Waals surface area contributed by atoms with Gasteiger partial charge >= 0.3 is 5.97 Å². The second-order valence-corrected chi connectivity index (χ2v) is 5.19. The maximum atomic E-state index is 11.6. The monoisotopic (exact) mass is 290 g/mol. The first-order valence-electron chi connectivity index (χ1n) is 7.19. The van der Waals surface area contributed by atoms with Gasteiger partial charge in [0.15, 0.2) is 0 Å². The van der Waals surface area contributed by atoms with Crippen molar-refractivity contribution in [3.05, 3.63) is 35.4 Å². The Kier molecular flexibility index (Phi) is 5.26. The molecule has 1 aliphatic carbocycles. The second-order valence-electron chi connectivity index (χ2n) is 5.19. The van der Waals surface area contributed by atoms with Gasteiger partial charge in [-0.15, -0.1) is 0 Å². The molecule has 1 aromatic carbocycles. The van der Waals surface area contributed by atoms with Gasteiger partial charge in [0.25, 0.3) is 0 Å². The van der Waals surface area contributed by atoms with Gasteiger partial charge in [0.1, 0.15) is 11.5 Å². The fraction of sp³-hybridized carbons (Fsp3) is 0.471. The molecule has 0 aliphatic heterocycles. The number of carbonyl (C=O) groups is 1. The zero-order valence-corrected chi connectivity index (χ0v) is 12.8. The molecule has 21 heavy (non-hydrogen) atoms. The number of hydrogen-bond donors (Lipinski definition) is 0. The Labute approximate surface area is 125 Å². The highest BCUT2D eigenvalue weighted by Gasteiger charge is 2.23. The molecule has 1 atom stereocenters. The van der Waals surface area contributed by atoms with Crippen LogP contribution >= 0.6 is 0 Å². The predicted molar refractivity (Wildman–Crippen MR) is 80.9 cm³/mol. The molecule has 0 radical (unpaired) electrons. The fourth-order valence-corrected chi connectivity index (χ4v) is 2.83. The summed E-state index contributed by atoms with van der Waals surface area (Å²) in [6.07, 6.45) is 5.86. The molecule has 1 aromatic rings. The minimum absolute atomic E-state index is 0.224.